The van der Waals surface area contributed by atoms with Crippen LogP contribution in [0.25, 0.3) is 0 Å². The minimum atomic E-state index is -0.265. The summed E-state index contributed by atoms with van der Waals surface area (Å²) in [5.41, 5.74) is 1.02. The first-order chi connectivity index (χ1) is 7.27. The molecule has 0 fully saturated rings. The molecule has 0 aliphatic heterocycles. The Kier molecular flexibility index (Phi) is 5.12. The lowest BCUT2D eigenvalue weighted by Crippen LogP contribution is -2.08. The van der Waals surface area contributed by atoms with Crippen molar-refractivity contribution in [2.24, 2.45) is 0 Å². The maximum absolute atomic E-state index is 13.4. The lowest BCUT2D eigenvalue weighted by atomic mass is 10.1. The Morgan fingerprint density at radius 1 is 1.40 bits per heavy atom. The molecule has 0 bridgehead atoms. The molecule has 1 N–H and O–H groups in total. The molecule has 0 aromatic heterocycles. The number of rotatable bonds is 6. The van der Waals surface area contributed by atoms with Crippen molar-refractivity contribution in [3.05, 3.63) is 29.6 Å². The van der Waals surface area contributed by atoms with Crippen LogP contribution in [-0.2, 0) is 6.42 Å². The van der Waals surface area contributed by atoms with Gasteiger partial charge < -0.3 is 10.1 Å². The standard InChI is InChI=1S/C12H18FNO/c1-3-15-12-7-6-10(9-11(12)13)5-4-8-14-2/h6-7,9,14H,3-5,8H2,1-2H3. The van der Waals surface area contributed by atoms with Crippen molar-refractivity contribution in [3.63, 3.8) is 0 Å². The van der Waals surface area contributed by atoms with Crippen molar-refractivity contribution in [2.45, 2.75) is 19.8 Å². The number of aryl methyl sites for hydroxylation is 1. The predicted molar refractivity (Wildman–Crippen MR) is 59.8 cm³/mol. The second kappa shape index (κ2) is 6.40. The molecule has 0 atom stereocenters. The monoisotopic (exact) mass is 211 g/mol. The third-order valence-electron chi connectivity index (χ3n) is 2.19. The highest BCUT2D eigenvalue weighted by Crippen LogP contribution is 2.18. The predicted octanol–water partition coefficient (Wildman–Crippen LogP) is 2.38. The van der Waals surface area contributed by atoms with Gasteiger partial charge in [-0.05, 0) is 51.1 Å². The van der Waals surface area contributed by atoms with Crippen molar-refractivity contribution in [1.29, 1.82) is 0 Å². The maximum atomic E-state index is 13.4. The Bertz CT molecular complexity index is 302. The van der Waals surface area contributed by atoms with Crippen LogP contribution < -0.4 is 10.1 Å². The molecule has 1 aromatic rings. The van der Waals surface area contributed by atoms with Crippen LogP contribution in [-0.4, -0.2) is 20.2 Å². The second-order valence-corrected chi connectivity index (χ2v) is 3.40. The van der Waals surface area contributed by atoms with Crippen molar-refractivity contribution in [2.75, 3.05) is 20.2 Å². The zero-order chi connectivity index (χ0) is 11.1. The molecule has 1 aromatic carbocycles. The van der Waals surface area contributed by atoms with Crippen LogP contribution in [0.3, 0.4) is 0 Å². The van der Waals surface area contributed by atoms with Gasteiger partial charge in [-0.1, -0.05) is 6.07 Å². The maximum Gasteiger partial charge on any atom is 0.165 e. The molecule has 3 heteroatoms. The molecule has 2 nitrogen and oxygen atoms in total. The number of nitrogens with one attached hydrogen (secondary N) is 1. The topological polar surface area (TPSA) is 21.3 Å². The van der Waals surface area contributed by atoms with Crippen molar-refractivity contribution in [3.8, 4) is 5.75 Å². The van der Waals surface area contributed by atoms with Gasteiger partial charge in [-0.2, -0.15) is 0 Å². The van der Waals surface area contributed by atoms with Crippen LogP contribution in [0.2, 0.25) is 0 Å². The second-order valence-electron chi connectivity index (χ2n) is 3.40. The van der Waals surface area contributed by atoms with Gasteiger partial charge in [-0.25, -0.2) is 4.39 Å². The number of halogens is 1. The third-order valence-corrected chi connectivity index (χ3v) is 2.19. The van der Waals surface area contributed by atoms with Gasteiger partial charge in [0.25, 0.3) is 0 Å². The van der Waals surface area contributed by atoms with E-state index in [9.17, 15) is 4.39 Å². The van der Waals surface area contributed by atoms with Crippen LogP contribution in [0.1, 0.15) is 18.9 Å². The minimum Gasteiger partial charge on any atom is -0.491 e. The average Bonchev–Trinajstić information content (AvgIpc) is 2.23. The lowest BCUT2D eigenvalue weighted by molar-refractivity contribution is 0.321. The summed E-state index contributed by atoms with van der Waals surface area (Å²) >= 11 is 0. The van der Waals surface area contributed by atoms with E-state index < -0.39 is 0 Å². The molecule has 0 spiro atoms. The Morgan fingerprint density at radius 2 is 2.20 bits per heavy atom. The summed E-state index contributed by atoms with van der Waals surface area (Å²) in [6.45, 7) is 3.30. The van der Waals surface area contributed by atoms with Crippen LogP contribution in [0.5, 0.6) is 5.75 Å². The summed E-state index contributed by atoms with van der Waals surface area (Å²) in [6.07, 6.45) is 1.91. The fraction of sp³-hybridized carbons (Fsp3) is 0.500. The van der Waals surface area contributed by atoms with E-state index in [-0.39, 0.29) is 5.82 Å². The van der Waals surface area contributed by atoms with Crippen LogP contribution >= 0.6 is 0 Å². The van der Waals surface area contributed by atoms with E-state index in [0.29, 0.717) is 12.4 Å². The Morgan fingerprint density at radius 3 is 2.80 bits per heavy atom. The quantitative estimate of drug-likeness (QED) is 0.729. The molecular weight excluding hydrogens is 193 g/mol. The zero-order valence-corrected chi connectivity index (χ0v) is 9.35. The minimum absolute atomic E-state index is 0.265. The Hall–Kier alpha value is -1.09. The highest BCUT2D eigenvalue weighted by molar-refractivity contribution is 5.29. The van der Waals surface area contributed by atoms with Crippen molar-refractivity contribution in [1.82, 2.24) is 5.32 Å². The van der Waals surface area contributed by atoms with E-state index in [1.165, 1.54) is 0 Å². The Labute approximate surface area is 90.4 Å². The first kappa shape index (κ1) is 12.0. The van der Waals surface area contributed by atoms with Gasteiger partial charge in [-0.3, -0.25) is 0 Å². The number of hydrogen-bond acceptors (Lipinski definition) is 2. The van der Waals surface area contributed by atoms with Crippen molar-refractivity contribution < 1.29 is 9.13 Å². The molecule has 0 saturated heterocycles. The highest BCUT2D eigenvalue weighted by atomic mass is 19.1. The van der Waals surface area contributed by atoms with Gasteiger partial charge in [-0.15, -0.1) is 0 Å². The summed E-state index contributed by atoms with van der Waals surface area (Å²) < 4.78 is 18.5. The highest BCUT2D eigenvalue weighted by Gasteiger charge is 2.03. The van der Waals surface area contributed by atoms with E-state index in [4.69, 9.17) is 4.74 Å². The lowest BCUT2D eigenvalue weighted by Gasteiger charge is -2.06. The van der Waals surface area contributed by atoms with Gasteiger partial charge in [0.15, 0.2) is 11.6 Å². The zero-order valence-electron chi connectivity index (χ0n) is 9.35. The summed E-state index contributed by atoms with van der Waals surface area (Å²) in [5, 5.41) is 3.07. The summed E-state index contributed by atoms with van der Waals surface area (Å²) in [5.74, 6) is 0.0775. The SMILES string of the molecule is CCOc1ccc(CCCNC)cc1F. The average molecular weight is 211 g/mol. The van der Waals surface area contributed by atoms with Crippen LogP contribution in [0.4, 0.5) is 4.39 Å². The van der Waals surface area contributed by atoms with Crippen LogP contribution in [0, 0.1) is 5.82 Å². The summed E-state index contributed by atoms with van der Waals surface area (Å²) in [4.78, 5) is 0. The molecule has 0 unspecified atom stereocenters. The first-order valence-electron chi connectivity index (χ1n) is 5.33. The molecule has 15 heavy (non-hydrogen) atoms. The molecule has 0 aliphatic rings. The third kappa shape index (κ3) is 3.88. The molecule has 0 saturated carbocycles. The van der Waals surface area contributed by atoms with Gasteiger partial charge >= 0.3 is 0 Å². The molecule has 0 heterocycles. The smallest absolute Gasteiger partial charge is 0.165 e. The normalized spacial score (nSPS) is 10.3. The van der Waals surface area contributed by atoms with E-state index in [1.54, 1.807) is 12.1 Å². The number of benzene rings is 1. The van der Waals surface area contributed by atoms with Gasteiger partial charge in [0.2, 0.25) is 0 Å². The number of hydrogen-bond donors (Lipinski definition) is 1. The van der Waals surface area contributed by atoms with Gasteiger partial charge in [0.05, 0.1) is 6.61 Å². The van der Waals surface area contributed by atoms with E-state index in [0.717, 1.165) is 24.9 Å². The van der Waals surface area contributed by atoms with E-state index in [2.05, 4.69) is 5.32 Å². The van der Waals surface area contributed by atoms with E-state index in [1.807, 2.05) is 20.0 Å². The van der Waals surface area contributed by atoms with Gasteiger partial charge in [0, 0.05) is 0 Å². The molecule has 0 amide bonds. The molecule has 0 aliphatic carbocycles. The van der Waals surface area contributed by atoms with E-state index >= 15 is 0 Å². The molecular formula is C12H18FNO. The first-order valence-corrected chi connectivity index (χ1v) is 5.33. The van der Waals surface area contributed by atoms with Crippen molar-refractivity contribution >= 4 is 0 Å². The summed E-state index contributed by atoms with van der Waals surface area (Å²) in [7, 11) is 1.92. The van der Waals surface area contributed by atoms with Gasteiger partial charge in [0.1, 0.15) is 0 Å². The summed E-state index contributed by atoms with van der Waals surface area (Å²) in [6, 6.07) is 5.18. The van der Waals surface area contributed by atoms with Crippen LogP contribution in [0.15, 0.2) is 18.2 Å². The molecule has 84 valence electrons. The fourth-order valence-corrected chi connectivity index (χ4v) is 1.44. The molecule has 1 rings (SSSR count). The molecule has 0 radical (unpaired) electrons. The fourth-order valence-electron chi connectivity index (χ4n) is 1.44. The largest absolute Gasteiger partial charge is 0.491 e. The number of ether oxygens (including phenoxy) is 1. The Balaban J connectivity index is 2.56.